The molecular weight excluding hydrogens is 449 g/mol. The number of alkyl halides is 3. The molecule has 0 atom stereocenters. The summed E-state index contributed by atoms with van der Waals surface area (Å²) < 4.78 is 38.3. The van der Waals surface area contributed by atoms with Gasteiger partial charge in [0, 0.05) is 37.0 Å². The van der Waals surface area contributed by atoms with Gasteiger partial charge in [0.25, 0.3) is 0 Å². The van der Waals surface area contributed by atoms with Crippen LogP contribution in [0.3, 0.4) is 0 Å². The van der Waals surface area contributed by atoms with Gasteiger partial charge in [-0.25, -0.2) is 15.0 Å². The van der Waals surface area contributed by atoms with Crippen molar-refractivity contribution in [3.8, 4) is 6.07 Å². The molecule has 0 aliphatic carbocycles. The van der Waals surface area contributed by atoms with Crippen LogP contribution in [0, 0.1) is 11.3 Å². The predicted molar refractivity (Wildman–Crippen MR) is 122 cm³/mol. The van der Waals surface area contributed by atoms with Gasteiger partial charge in [-0.1, -0.05) is 12.1 Å². The Hall–Kier alpha value is -3.03. The molecule has 1 N–H and O–H groups in total. The van der Waals surface area contributed by atoms with Gasteiger partial charge in [0.1, 0.15) is 28.8 Å². The summed E-state index contributed by atoms with van der Waals surface area (Å²) in [5.74, 6) is 0.605. The Kier molecular flexibility index (Phi) is 5.76. The van der Waals surface area contributed by atoms with Gasteiger partial charge in [0.15, 0.2) is 0 Å². The first-order valence-corrected chi connectivity index (χ1v) is 11.6. The third-order valence-electron chi connectivity index (χ3n) is 5.98. The minimum absolute atomic E-state index is 0.202. The van der Waals surface area contributed by atoms with E-state index in [1.807, 2.05) is 0 Å². The van der Waals surface area contributed by atoms with Crippen LogP contribution in [0.5, 0.6) is 0 Å². The van der Waals surface area contributed by atoms with Crippen LogP contribution in [0.2, 0.25) is 0 Å². The number of nitrogens with one attached hydrogen (secondary N) is 1. The maximum absolute atomic E-state index is 12.8. The Morgan fingerprint density at radius 1 is 1.18 bits per heavy atom. The monoisotopic (exact) mass is 470 g/mol. The number of hydrogen-bond donors (Lipinski definition) is 1. The molecule has 1 saturated heterocycles. The van der Waals surface area contributed by atoms with E-state index in [0.29, 0.717) is 28.2 Å². The van der Waals surface area contributed by atoms with E-state index < -0.39 is 12.6 Å². The second-order valence-electron chi connectivity index (χ2n) is 8.45. The van der Waals surface area contributed by atoms with Crippen molar-refractivity contribution in [2.45, 2.75) is 44.4 Å². The molecule has 5 rings (SSSR count). The topological polar surface area (TPSA) is 77.2 Å². The zero-order valence-electron chi connectivity index (χ0n) is 17.7. The van der Waals surface area contributed by atoms with E-state index >= 15 is 0 Å². The minimum atomic E-state index is -4.24. The Morgan fingerprint density at radius 2 is 2.00 bits per heavy atom. The largest absolute Gasteiger partial charge is 0.393 e. The molecule has 1 aromatic carbocycles. The Morgan fingerprint density at radius 3 is 2.76 bits per heavy atom. The molecule has 1 fully saturated rings. The van der Waals surface area contributed by atoms with Crippen LogP contribution >= 0.6 is 11.3 Å². The molecule has 4 heterocycles. The van der Waals surface area contributed by atoms with Crippen molar-refractivity contribution in [3.05, 3.63) is 46.6 Å². The fourth-order valence-electron chi connectivity index (χ4n) is 4.38. The van der Waals surface area contributed by atoms with E-state index in [4.69, 9.17) is 5.26 Å². The lowest BCUT2D eigenvalue weighted by Gasteiger charge is -2.32. The highest BCUT2D eigenvalue weighted by Gasteiger charge is 2.29. The number of hydrogen-bond acceptors (Lipinski definition) is 7. The summed E-state index contributed by atoms with van der Waals surface area (Å²) in [4.78, 5) is 16.0. The van der Waals surface area contributed by atoms with Crippen LogP contribution < -0.4 is 5.32 Å². The lowest BCUT2D eigenvalue weighted by molar-refractivity contribution is -0.126. The zero-order valence-corrected chi connectivity index (χ0v) is 18.5. The summed E-state index contributed by atoms with van der Waals surface area (Å²) in [7, 11) is 0. The van der Waals surface area contributed by atoms with Crippen molar-refractivity contribution in [2.24, 2.45) is 4.99 Å². The first-order valence-electron chi connectivity index (χ1n) is 10.7. The standard InChI is InChI=1S/C23H21F3N6S/c24-23(25,26)10-18-9-19-21(28-13-29-22(19)33-18)31-16-3-5-32(6-4-16)12-14-1-2-15-8-17(11-27)30-20(15)7-14/h1-2,7,9,13,16H,3-6,8,10,12H2,(H,28,29,31). The molecule has 6 nitrogen and oxygen atoms in total. The van der Waals surface area contributed by atoms with Crippen LogP contribution in [-0.4, -0.2) is 45.9 Å². The fraction of sp³-hybridized carbons (Fsp3) is 0.391. The van der Waals surface area contributed by atoms with Gasteiger partial charge in [-0.2, -0.15) is 18.4 Å². The minimum Gasteiger partial charge on any atom is -0.367 e. The summed E-state index contributed by atoms with van der Waals surface area (Å²) in [5, 5.41) is 13.1. The van der Waals surface area contributed by atoms with Gasteiger partial charge in [-0.15, -0.1) is 11.3 Å². The summed E-state index contributed by atoms with van der Waals surface area (Å²) in [6.45, 7) is 2.62. The molecule has 0 unspecified atom stereocenters. The highest BCUT2D eigenvalue weighted by Crippen LogP contribution is 2.33. The molecule has 3 aromatic rings. The molecule has 10 heteroatoms. The van der Waals surface area contributed by atoms with Crippen molar-refractivity contribution >= 4 is 38.8 Å². The van der Waals surface area contributed by atoms with Crippen molar-refractivity contribution in [2.75, 3.05) is 18.4 Å². The SMILES string of the molecule is N#CC1=Nc2cc(CN3CCC(Nc4ncnc5sc(CC(F)(F)F)cc45)CC3)ccc2C1. The van der Waals surface area contributed by atoms with Gasteiger partial charge in [-0.3, -0.25) is 4.90 Å². The Balaban J connectivity index is 1.20. The molecule has 0 amide bonds. The summed E-state index contributed by atoms with van der Waals surface area (Å²) >= 11 is 1.07. The van der Waals surface area contributed by atoms with E-state index in [-0.39, 0.29) is 10.9 Å². The van der Waals surface area contributed by atoms with Crippen LogP contribution in [0.4, 0.5) is 24.7 Å². The third-order valence-corrected chi connectivity index (χ3v) is 7.02. The van der Waals surface area contributed by atoms with E-state index in [0.717, 1.165) is 55.1 Å². The number of aliphatic imine (C=N–C) groups is 1. The predicted octanol–water partition coefficient (Wildman–Crippen LogP) is 5.02. The van der Waals surface area contributed by atoms with Gasteiger partial charge < -0.3 is 5.32 Å². The highest BCUT2D eigenvalue weighted by molar-refractivity contribution is 7.18. The number of likely N-dealkylation sites (tertiary alicyclic amines) is 1. The smallest absolute Gasteiger partial charge is 0.367 e. The normalized spacial score (nSPS) is 17.1. The quantitative estimate of drug-likeness (QED) is 0.566. The van der Waals surface area contributed by atoms with Gasteiger partial charge in [0.2, 0.25) is 0 Å². The highest BCUT2D eigenvalue weighted by atomic mass is 32.1. The van der Waals surface area contributed by atoms with E-state index in [9.17, 15) is 13.2 Å². The average Bonchev–Trinajstić information content (AvgIpc) is 3.37. The Bertz CT molecular complexity index is 1250. The number of benzene rings is 1. The molecule has 0 bridgehead atoms. The number of fused-ring (bicyclic) bond motifs is 2. The van der Waals surface area contributed by atoms with Crippen molar-refractivity contribution in [1.82, 2.24) is 14.9 Å². The summed E-state index contributed by atoms with van der Waals surface area (Å²) in [5.41, 5.74) is 3.73. The van der Waals surface area contributed by atoms with E-state index in [1.165, 1.54) is 11.9 Å². The van der Waals surface area contributed by atoms with Crippen molar-refractivity contribution in [3.63, 3.8) is 0 Å². The molecule has 0 radical (unpaired) electrons. The molecule has 0 saturated carbocycles. The van der Waals surface area contributed by atoms with Crippen LogP contribution in [0.15, 0.2) is 35.6 Å². The molecule has 170 valence electrons. The maximum atomic E-state index is 12.8. The molecule has 2 aliphatic heterocycles. The van der Waals surface area contributed by atoms with Gasteiger partial charge in [-0.05, 0) is 36.1 Å². The number of halogens is 3. The number of nitriles is 1. The molecule has 2 aromatic heterocycles. The zero-order chi connectivity index (χ0) is 23.0. The Labute approximate surface area is 192 Å². The molecular formula is C23H21F3N6S. The number of piperidine rings is 1. The maximum Gasteiger partial charge on any atom is 0.393 e. The van der Waals surface area contributed by atoms with Crippen LogP contribution in [0.25, 0.3) is 10.2 Å². The number of rotatable bonds is 5. The van der Waals surface area contributed by atoms with Crippen molar-refractivity contribution < 1.29 is 13.2 Å². The fourth-order valence-corrected chi connectivity index (χ4v) is 5.41. The molecule has 0 spiro atoms. The summed E-state index contributed by atoms with van der Waals surface area (Å²) in [6, 6.07) is 10.1. The van der Waals surface area contributed by atoms with Crippen LogP contribution in [0.1, 0.15) is 28.8 Å². The number of aromatic nitrogens is 2. The first-order chi connectivity index (χ1) is 15.9. The first kappa shape index (κ1) is 21.8. The lowest BCUT2D eigenvalue weighted by Crippen LogP contribution is -2.38. The van der Waals surface area contributed by atoms with Gasteiger partial charge >= 0.3 is 6.18 Å². The van der Waals surface area contributed by atoms with Crippen molar-refractivity contribution in [1.29, 1.82) is 5.26 Å². The number of thiophene rings is 1. The molecule has 33 heavy (non-hydrogen) atoms. The van der Waals surface area contributed by atoms with Crippen LogP contribution in [-0.2, 0) is 19.4 Å². The third kappa shape index (κ3) is 4.99. The summed E-state index contributed by atoms with van der Waals surface area (Å²) in [6.07, 6.45) is -1.35. The number of anilines is 1. The second-order valence-corrected chi connectivity index (χ2v) is 9.57. The second kappa shape index (κ2) is 8.72. The van der Waals surface area contributed by atoms with Gasteiger partial charge in [0.05, 0.1) is 17.5 Å². The van der Waals surface area contributed by atoms with E-state index in [2.05, 4.69) is 49.4 Å². The molecule has 2 aliphatic rings. The van der Waals surface area contributed by atoms with E-state index in [1.54, 1.807) is 6.07 Å². The number of nitrogens with zero attached hydrogens (tertiary/aromatic N) is 5. The lowest BCUT2D eigenvalue weighted by atomic mass is 10.0. The average molecular weight is 471 g/mol.